The van der Waals surface area contributed by atoms with Gasteiger partial charge in [-0.1, -0.05) is 6.08 Å². The van der Waals surface area contributed by atoms with E-state index in [9.17, 15) is 0 Å². The molecule has 0 unspecified atom stereocenters. The molecule has 0 fully saturated rings. The average Bonchev–Trinajstić information content (AvgIpc) is 1.89. The number of nitrogens with zero attached hydrogens (tertiary/aromatic N) is 1. The van der Waals surface area contributed by atoms with Crippen molar-refractivity contribution in [3.63, 3.8) is 0 Å². The molecular formula is C6H12N2O. The van der Waals surface area contributed by atoms with Gasteiger partial charge in [0.1, 0.15) is 0 Å². The maximum atomic E-state index is 8.22. The van der Waals surface area contributed by atoms with E-state index in [0.29, 0.717) is 6.67 Å². The summed E-state index contributed by atoms with van der Waals surface area (Å²) in [4.78, 5) is 3.87. The Labute approximate surface area is 55.1 Å². The van der Waals surface area contributed by atoms with Gasteiger partial charge in [0.05, 0.1) is 13.4 Å². The highest BCUT2D eigenvalue weighted by molar-refractivity contribution is 5.70. The first-order valence-electron chi connectivity index (χ1n) is 2.84. The van der Waals surface area contributed by atoms with Gasteiger partial charge < -0.3 is 5.11 Å². The zero-order valence-electron chi connectivity index (χ0n) is 5.54. The lowest BCUT2D eigenvalue weighted by atomic mass is 10.6. The average molecular weight is 128 g/mol. The number of hydrogen-bond donors (Lipinski definition) is 2. The van der Waals surface area contributed by atoms with Crippen LogP contribution in [0.25, 0.3) is 0 Å². The zero-order chi connectivity index (χ0) is 6.95. The van der Waals surface area contributed by atoms with Crippen LogP contribution < -0.4 is 5.32 Å². The van der Waals surface area contributed by atoms with Crippen LogP contribution in [0.5, 0.6) is 0 Å². The van der Waals surface area contributed by atoms with E-state index in [2.05, 4.69) is 10.3 Å². The molecule has 0 aliphatic carbocycles. The highest BCUT2D eigenvalue weighted by Gasteiger charge is 1.71. The molecule has 0 aromatic rings. The predicted octanol–water partition coefficient (Wildman–Crippen LogP) is 0.130. The predicted molar refractivity (Wildman–Crippen MR) is 38.4 cm³/mol. The molecule has 3 nitrogen and oxygen atoms in total. The van der Waals surface area contributed by atoms with Crippen molar-refractivity contribution in [2.45, 2.75) is 6.92 Å². The molecule has 0 amide bonds. The molecule has 0 aromatic heterocycles. The first kappa shape index (κ1) is 8.33. The summed E-state index contributed by atoms with van der Waals surface area (Å²) in [6, 6.07) is 0. The molecule has 0 spiro atoms. The van der Waals surface area contributed by atoms with E-state index in [1.807, 2.05) is 19.1 Å². The van der Waals surface area contributed by atoms with Crippen LogP contribution in [0.2, 0.25) is 0 Å². The molecule has 2 N–H and O–H groups in total. The van der Waals surface area contributed by atoms with Gasteiger partial charge in [0, 0.05) is 6.21 Å². The second kappa shape index (κ2) is 7.33. The fourth-order valence-corrected chi connectivity index (χ4v) is 0.314. The van der Waals surface area contributed by atoms with Crippen molar-refractivity contribution in [2.24, 2.45) is 4.99 Å². The van der Waals surface area contributed by atoms with Gasteiger partial charge in [0.2, 0.25) is 0 Å². The summed E-state index contributed by atoms with van der Waals surface area (Å²) >= 11 is 0. The molecule has 0 saturated heterocycles. The number of aliphatic hydroxyl groups is 1. The molecule has 3 heteroatoms. The minimum Gasteiger partial charge on any atom is -0.381 e. The monoisotopic (exact) mass is 128 g/mol. The van der Waals surface area contributed by atoms with Crippen LogP contribution in [-0.4, -0.2) is 24.7 Å². The maximum Gasteiger partial charge on any atom is 0.0945 e. The second-order valence-corrected chi connectivity index (χ2v) is 1.42. The molecule has 0 aliphatic rings. The van der Waals surface area contributed by atoms with Gasteiger partial charge >= 0.3 is 0 Å². The Balaban J connectivity index is 3.04. The van der Waals surface area contributed by atoms with E-state index in [1.165, 1.54) is 0 Å². The molecule has 0 aliphatic heterocycles. The standard InChI is InChI=1S/C6H12N2O/c1-2-3-4-7-5-8-6-9/h2-4,8-9H,5-6H2,1H3/b3-2-,7-4-. The third kappa shape index (κ3) is 7.33. The lowest BCUT2D eigenvalue weighted by molar-refractivity contribution is 0.263. The van der Waals surface area contributed by atoms with E-state index in [4.69, 9.17) is 5.11 Å². The SMILES string of the molecule is C/C=C\C=N/CNCO. The normalized spacial score (nSPS) is 11.8. The fraction of sp³-hybridized carbons (Fsp3) is 0.500. The topological polar surface area (TPSA) is 44.6 Å². The van der Waals surface area contributed by atoms with Crippen molar-refractivity contribution >= 4 is 6.21 Å². The van der Waals surface area contributed by atoms with Crippen molar-refractivity contribution in [3.8, 4) is 0 Å². The van der Waals surface area contributed by atoms with Crippen molar-refractivity contribution in [2.75, 3.05) is 13.4 Å². The Morgan fingerprint density at radius 3 is 3.00 bits per heavy atom. The number of allylic oxidation sites excluding steroid dienone is 2. The van der Waals surface area contributed by atoms with E-state index < -0.39 is 0 Å². The molecular weight excluding hydrogens is 116 g/mol. The van der Waals surface area contributed by atoms with Crippen LogP contribution in [0, 0.1) is 0 Å². The van der Waals surface area contributed by atoms with Crippen molar-refractivity contribution in [1.29, 1.82) is 0 Å². The van der Waals surface area contributed by atoms with Crippen LogP contribution in [0.3, 0.4) is 0 Å². The molecule has 0 aromatic carbocycles. The highest BCUT2D eigenvalue weighted by Crippen LogP contribution is 1.65. The zero-order valence-corrected chi connectivity index (χ0v) is 5.54. The molecule has 0 bridgehead atoms. The number of aliphatic hydroxyl groups excluding tert-OH is 1. The Morgan fingerprint density at radius 2 is 2.44 bits per heavy atom. The Morgan fingerprint density at radius 1 is 1.67 bits per heavy atom. The lowest BCUT2D eigenvalue weighted by Gasteiger charge is -1.89. The molecule has 0 radical (unpaired) electrons. The highest BCUT2D eigenvalue weighted by atomic mass is 16.3. The number of aliphatic imine (C=N–C) groups is 1. The van der Waals surface area contributed by atoms with E-state index in [1.54, 1.807) is 6.21 Å². The first-order valence-corrected chi connectivity index (χ1v) is 2.84. The van der Waals surface area contributed by atoms with E-state index in [-0.39, 0.29) is 6.73 Å². The molecule has 0 atom stereocenters. The molecule has 0 saturated carbocycles. The fourth-order valence-electron chi connectivity index (χ4n) is 0.314. The van der Waals surface area contributed by atoms with Gasteiger partial charge in [0.15, 0.2) is 0 Å². The minimum absolute atomic E-state index is 0.0207. The maximum absolute atomic E-state index is 8.22. The third-order valence-corrected chi connectivity index (χ3v) is 0.699. The van der Waals surface area contributed by atoms with Gasteiger partial charge in [-0.05, 0) is 13.0 Å². The smallest absolute Gasteiger partial charge is 0.0945 e. The second-order valence-electron chi connectivity index (χ2n) is 1.42. The van der Waals surface area contributed by atoms with Gasteiger partial charge in [-0.3, -0.25) is 10.3 Å². The Hall–Kier alpha value is -0.670. The Kier molecular flexibility index (Phi) is 6.78. The van der Waals surface area contributed by atoms with Crippen LogP contribution in [0.1, 0.15) is 6.92 Å². The van der Waals surface area contributed by atoms with Crippen LogP contribution >= 0.6 is 0 Å². The minimum atomic E-state index is -0.0207. The summed E-state index contributed by atoms with van der Waals surface area (Å²) in [6.07, 6.45) is 5.41. The Bertz CT molecular complexity index is 99.2. The van der Waals surface area contributed by atoms with Gasteiger partial charge in [-0.15, -0.1) is 0 Å². The largest absolute Gasteiger partial charge is 0.381 e. The molecule has 0 rings (SSSR count). The van der Waals surface area contributed by atoms with Gasteiger partial charge in [0.25, 0.3) is 0 Å². The molecule has 0 heterocycles. The molecule has 9 heavy (non-hydrogen) atoms. The summed E-state index contributed by atoms with van der Waals surface area (Å²) in [5, 5.41) is 10.9. The van der Waals surface area contributed by atoms with E-state index >= 15 is 0 Å². The van der Waals surface area contributed by atoms with Gasteiger partial charge in [-0.25, -0.2) is 0 Å². The van der Waals surface area contributed by atoms with Crippen LogP contribution in [0.15, 0.2) is 17.1 Å². The van der Waals surface area contributed by atoms with Crippen LogP contribution in [-0.2, 0) is 0 Å². The number of hydrogen-bond acceptors (Lipinski definition) is 3. The number of rotatable bonds is 4. The third-order valence-electron chi connectivity index (χ3n) is 0.699. The summed E-state index contributed by atoms with van der Waals surface area (Å²) in [5.74, 6) is 0. The van der Waals surface area contributed by atoms with E-state index in [0.717, 1.165) is 0 Å². The summed E-state index contributed by atoms with van der Waals surface area (Å²) in [6.45, 7) is 2.37. The number of nitrogens with one attached hydrogen (secondary N) is 1. The first-order chi connectivity index (χ1) is 4.41. The van der Waals surface area contributed by atoms with Crippen LogP contribution in [0.4, 0.5) is 0 Å². The van der Waals surface area contributed by atoms with Crippen molar-refractivity contribution in [1.82, 2.24) is 5.32 Å². The summed E-state index contributed by atoms with van der Waals surface area (Å²) < 4.78 is 0. The summed E-state index contributed by atoms with van der Waals surface area (Å²) in [5.41, 5.74) is 0. The lowest BCUT2D eigenvalue weighted by Crippen LogP contribution is -2.13. The van der Waals surface area contributed by atoms with Crippen molar-refractivity contribution in [3.05, 3.63) is 12.2 Å². The quantitative estimate of drug-likeness (QED) is 0.321. The van der Waals surface area contributed by atoms with Crippen molar-refractivity contribution < 1.29 is 5.11 Å². The molecule has 52 valence electrons. The summed E-state index contributed by atoms with van der Waals surface area (Å²) in [7, 11) is 0. The van der Waals surface area contributed by atoms with Gasteiger partial charge in [-0.2, -0.15) is 0 Å².